The lowest BCUT2D eigenvalue weighted by Crippen LogP contribution is -2.11. The second-order valence-electron chi connectivity index (χ2n) is 4.16. The molecule has 0 aliphatic carbocycles. The van der Waals surface area contributed by atoms with Gasteiger partial charge in [0.1, 0.15) is 0 Å². The molecule has 0 aromatic carbocycles. The molecule has 1 N–H and O–H groups in total. The minimum atomic E-state index is -0.0841. The first-order chi connectivity index (χ1) is 4.45. The third kappa shape index (κ3) is 6.09. The molecule has 0 fully saturated rings. The third-order valence-corrected chi connectivity index (χ3v) is 1.70. The lowest BCUT2D eigenvalue weighted by atomic mass is 9.89. The summed E-state index contributed by atoms with van der Waals surface area (Å²) >= 11 is 0. The Bertz CT molecular complexity index is 81.2. The van der Waals surface area contributed by atoms with E-state index in [4.69, 9.17) is 0 Å². The Morgan fingerprint density at radius 3 is 2.10 bits per heavy atom. The van der Waals surface area contributed by atoms with Crippen LogP contribution >= 0.6 is 0 Å². The van der Waals surface area contributed by atoms with E-state index in [9.17, 15) is 5.11 Å². The van der Waals surface area contributed by atoms with E-state index < -0.39 is 0 Å². The highest BCUT2D eigenvalue weighted by molar-refractivity contribution is 4.64. The van der Waals surface area contributed by atoms with Crippen molar-refractivity contribution in [2.24, 2.45) is 5.41 Å². The number of aliphatic hydroxyl groups is 1. The van der Waals surface area contributed by atoms with Gasteiger partial charge in [0.05, 0.1) is 6.10 Å². The molecule has 0 heterocycles. The van der Waals surface area contributed by atoms with Gasteiger partial charge in [0, 0.05) is 0 Å². The first-order valence-electron chi connectivity index (χ1n) is 4.14. The summed E-state index contributed by atoms with van der Waals surface area (Å²) in [4.78, 5) is 0. The van der Waals surface area contributed by atoms with Gasteiger partial charge in [-0.3, -0.25) is 0 Å². The van der Waals surface area contributed by atoms with Crippen LogP contribution in [-0.4, -0.2) is 11.2 Å². The number of aliphatic hydroxyl groups excluding tert-OH is 1. The summed E-state index contributed by atoms with van der Waals surface area (Å²) in [7, 11) is 0. The van der Waals surface area contributed by atoms with Crippen molar-refractivity contribution in [1.82, 2.24) is 0 Å². The Labute approximate surface area is 64.5 Å². The molecule has 0 saturated heterocycles. The zero-order chi connectivity index (χ0) is 8.20. The molecule has 0 aromatic heterocycles. The van der Waals surface area contributed by atoms with E-state index in [1.807, 2.05) is 6.92 Å². The zero-order valence-corrected chi connectivity index (χ0v) is 7.65. The van der Waals surface area contributed by atoms with Gasteiger partial charge in [-0.1, -0.05) is 27.7 Å². The standard InChI is InChI=1S/C9H20O/c1-5-8(10)6-7-9(2,3)4/h8,10H,5-7H2,1-4H3. The van der Waals surface area contributed by atoms with Crippen molar-refractivity contribution in [2.75, 3.05) is 0 Å². The van der Waals surface area contributed by atoms with Crippen molar-refractivity contribution >= 4 is 0 Å². The van der Waals surface area contributed by atoms with Crippen molar-refractivity contribution in [3.05, 3.63) is 0 Å². The minimum absolute atomic E-state index is 0.0841. The monoisotopic (exact) mass is 144 g/mol. The average Bonchev–Trinajstić information content (AvgIpc) is 1.81. The SMILES string of the molecule is CCC(O)CCC(C)(C)C. The van der Waals surface area contributed by atoms with E-state index >= 15 is 0 Å². The molecule has 0 bridgehead atoms. The molecule has 0 aliphatic rings. The van der Waals surface area contributed by atoms with Gasteiger partial charge in [0.2, 0.25) is 0 Å². The molecule has 10 heavy (non-hydrogen) atoms. The summed E-state index contributed by atoms with van der Waals surface area (Å²) in [6.07, 6.45) is 2.86. The maximum Gasteiger partial charge on any atom is 0.0537 e. The Morgan fingerprint density at radius 1 is 1.30 bits per heavy atom. The van der Waals surface area contributed by atoms with Gasteiger partial charge in [-0.25, -0.2) is 0 Å². The molecule has 0 saturated carbocycles. The summed E-state index contributed by atoms with van der Waals surface area (Å²) in [5.41, 5.74) is 0.371. The summed E-state index contributed by atoms with van der Waals surface area (Å²) < 4.78 is 0. The molecule has 0 aliphatic heterocycles. The first kappa shape index (κ1) is 9.96. The number of hydrogen-bond donors (Lipinski definition) is 1. The van der Waals surface area contributed by atoms with Crippen molar-refractivity contribution in [1.29, 1.82) is 0 Å². The average molecular weight is 144 g/mol. The molecular weight excluding hydrogens is 124 g/mol. The van der Waals surface area contributed by atoms with Crippen LogP contribution < -0.4 is 0 Å². The molecule has 0 spiro atoms. The predicted octanol–water partition coefficient (Wildman–Crippen LogP) is 2.58. The molecule has 0 radical (unpaired) electrons. The summed E-state index contributed by atoms with van der Waals surface area (Å²) in [5, 5.41) is 9.22. The van der Waals surface area contributed by atoms with E-state index in [0.717, 1.165) is 19.3 Å². The molecule has 0 amide bonds. The Morgan fingerprint density at radius 2 is 1.80 bits per heavy atom. The molecule has 1 atom stereocenters. The van der Waals surface area contributed by atoms with Gasteiger partial charge in [-0.05, 0) is 24.7 Å². The van der Waals surface area contributed by atoms with Gasteiger partial charge >= 0.3 is 0 Å². The highest BCUT2D eigenvalue weighted by Gasteiger charge is 2.11. The summed E-state index contributed by atoms with van der Waals surface area (Å²) in [5.74, 6) is 0. The largest absolute Gasteiger partial charge is 0.393 e. The quantitative estimate of drug-likeness (QED) is 0.645. The molecule has 1 nitrogen and oxygen atoms in total. The van der Waals surface area contributed by atoms with Crippen molar-refractivity contribution in [3.8, 4) is 0 Å². The van der Waals surface area contributed by atoms with Gasteiger partial charge in [-0.15, -0.1) is 0 Å². The zero-order valence-electron chi connectivity index (χ0n) is 7.65. The van der Waals surface area contributed by atoms with Crippen LogP contribution in [0.4, 0.5) is 0 Å². The van der Waals surface area contributed by atoms with Crippen LogP contribution in [0, 0.1) is 5.41 Å². The summed E-state index contributed by atoms with van der Waals surface area (Å²) in [6.45, 7) is 8.63. The first-order valence-corrected chi connectivity index (χ1v) is 4.14. The third-order valence-electron chi connectivity index (χ3n) is 1.70. The van der Waals surface area contributed by atoms with E-state index in [1.54, 1.807) is 0 Å². The van der Waals surface area contributed by atoms with Crippen LogP contribution in [0.15, 0.2) is 0 Å². The van der Waals surface area contributed by atoms with Crippen LogP contribution in [0.25, 0.3) is 0 Å². The highest BCUT2D eigenvalue weighted by atomic mass is 16.3. The molecule has 0 rings (SSSR count). The van der Waals surface area contributed by atoms with Gasteiger partial charge in [0.25, 0.3) is 0 Å². The van der Waals surface area contributed by atoms with Crippen LogP contribution in [0.1, 0.15) is 47.0 Å². The van der Waals surface area contributed by atoms with Crippen LogP contribution in [0.5, 0.6) is 0 Å². The van der Waals surface area contributed by atoms with Gasteiger partial charge in [0.15, 0.2) is 0 Å². The van der Waals surface area contributed by atoms with Crippen molar-refractivity contribution < 1.29 is 5.11 Å². The van der Waals surface area contributed by atoms with E-state index in [1.165, 1.54) is 0 Å². The molecule has 62 valence electrons. The second-order valence-corrected chi connectivity index (χ2v) is 4.16. The predicted molar refractivity (Wildman–Crippen MR) is 45.0 cm³/mol. The number of rotatable bonds is 3. The van der Waals surface area contributed by atoms with Crippen molar-refractivity contribution in [3.63, 3.8) is 0 Å². The van der Waals surface area contributed by atoms with Gasteiger partial charge < -0.3 is 5.11 Å². The van der Waals surface area contributed by atoms with Crippen molar-refractivity contribution in [2.45, 2.75) is 53.1 Å². The van der Waals surface area contributed by atoms with E-state index in [-0.39, 0.29) is 6.10 Å². The fourth-order valence-corrected chi connectivity index (χ4v) is 0.804. The Kier molecular flexibility index (Phi) is 3.95. The van der Waals surface area contributed by atoms with Crippen LogP contribution in [-0.2, 0) is 0 Å². The molecular formula is C9H20O. The maximum absolute atomic E-state index is 9.22. The maximum atomic E-state index is 9.22. The molecule has 1 unspecified atom stereocenters. The normalized spacial score (nSPS) is 15.3. The van der Waals surface area contributed by atoms with Crippen LogP contribution in [0.2, 0.25) is 0 Å². The second kappa shape index (κ2) is 3.97. The topological polar surface area (TPSA) is 20.2 Å². The van der Waals surface area contributed by atoms with E-state index in [0.29, 0.717) is 5.41 Å². The molecule has 1 heteroatoms. The smallest absolute Gasteiger partial charge is 0.0537 e. The Balaban J connectivity index is 3.36. The van der Waals surface area contributed by atoms with Crippen LogP contribution in [0.3, 0.4) is 0 Å². The van der Waals surface area contributed by atoms with E-state index in [2.05, 4.69) is 20.8 Å². The summed E-state index contributed by atoms with van der Waals surface area (Å²) in [6, 6.07) is 0. The highest BCUT2D eigenvalue weighted by Crippen LogP contribution is 2.21. The fourth-order valence-electron chi connectivity index (χ4n) is 0.804. The lowest BCUT2D eigenvalue weighted by molar-refractivity contribution is 0.142. The number of hydrogen-bond acceptors (Lipinski definition) is 1. The molecule has 0 aromatic rings. The minimum Gasteiger partial charge on any atom is -0.393 e. The fraction of sp³-hybridized carbons (Fsp3) is 1.00. The Hall–Kier alpha value is -0.0400. The van der Waals surface area contributed by atoms with Gasteiger partial charge in [-0.2, -0.15) is 0 Å². The lowest BCUT2D eigenvalue weighted by Gasteiger charge is -2.19.